The van der Waals surface area contributed by atoms with Crippen molar-refractivity contribution in [2.45, 2.75) is 44.8 Å². The molecule has 4 rings (SSSR count). The third-order valence-electron chi connectivity index (χ3n) is 6.89. The number of aryl methyl sites for hydroxylation is 1. The Morgan fingerprint density at radius 1 is 0.912 bits per heavy atom. The number of benzene rings is 2. The van der Waals surface area contributed by atoms with Crippen LogP contribution in [0.1, 0.15) is 47.2 Å². The third kappa shape index (κ3) is 5.60. The van der Waals surface area contributed by atoms with Crippen LogP contribution in [0.15, 0.2) is 48.5 Å². The highest BCUT2D eigenvalue weighted by Crippen LogP contribution is 2.32. The number of nitrogens with zero attached hydrogens (tertiary/aromatic N) is 2. The van der Waals surface area contributed by atoms with E-state index in [-0.39, 0.29) is 29.3 Å². The number of halogens is 3. The minimum Gasteiger partial charge on any atom is -0.336 e. The molecule has 0 spiro atoms. The number of hydrogen-bond acceptors (Lipinski definition) is 3. The Balaban J connectivity index is 1.40. The molecular weight excluding hydrogens is 443 g/mol. The van der Waals surface area contributed by atoms with Gasteiger partial charge < -0.3 is 10.2 Å². The molecule has 1 heterocycles. The molecule has 1 N–H and O–H groups in total. The van der Waals surface area contributed by atoms with Gasteiger partial charge in [0.2, 0.25) is 5.91 Å². The highest BCUT2D eigenvalue weighted by Gasteiger charge is 2.37. The minimum absolute atomic E-state index is 0.0155. The maximum Gasteiger partial charge on any atom is 0.416 e. The van der Waals surface area contributed by atoms with Crippen molar-refractivity contribution >= 4 is 17.5 Å². The van der Waals surface area contributed by atoms with Gasteiger partial charge in [-0.25, -0.2) is 0 Å². The van der Waals surface area contributed by atoms with Crippen LogP contribution in [0, 0.1) is 12.8 Å². The number of amides is 2. The van der Waals surface area contributed by atoms with E-state index in [0.717, 1.165) is 49.1 Å². The lowest BCUT2D eigenvalue weighted by atomic mass is 9.94. The number of carbonyl (C=O) groups is 2. The zero-order valence-electron chi connectivity index (χ0n) is 19.3. The molecule has 34 heavy (non-hydrogen) atoms. The molecule has 1 saturated carbocycles. The zero-order valence-corrected chi connectivity index (χ0v) is 19.3. The lowest BCUT2D eigenvalue weighted by molar-refractivity contribution is -0.137. The Morgan fingerprint density at radius 2 is 1.50 bits per heavy atom. The molecule has 2 aromatic carbocycles. The van der Waals surface area contributed by atoms with Crippen LogP contribution < -0.4 is 5.32 Å². The molecule has 0 bridgehead atoms. The van der Waals surface area contributed by atoms with E-state index in [2.05, 4.69) is 10.2 Å². The summed E-state index contributed by atoms with van der Waals surface area (Å²) in [5.74, 6) is -0.0178. The SMILES string of the molecule is Cc1ccc(NC(=O)C(C2CCCC2)N2CCN(C(=O)c3ccc(C(F)(F)F)cc3)CC2)cc1. The van der Waals surface area contributed by atoms with E-state index in [9.17, 15) is 22.8 Å². The molecule has 5 nitrogen and oxygen atoms in total. The van der Waals surface area contributed by atoms with Crippen LogP contribution in [-0.4, -0.2) is 53.8 Å². The van der Waals surface area contributed by atoms with Crippen LogP contribution in [0.3, 0.4) is 0 Å². The molecule has 1 unspecified atom stereocenters. The quantitative estimate of drug-likeness (QED) is 0.667. The van der Waals surface area contributed by atoms with Gasteiger partial charge in [0, 0.05) is 37.4 Å². The standard InChI is InChI=1S/C26H30F3N3O2/c1-18-6-12-22(13-7-18)30-24(33)23(19-4-2-3-5-19)31-14-16-32(17-15-31)25(34)20-8-10-21(11-9-20)26(27,28)29/h6-13,19,23H,2-5,14-17H2,1H3,(H,30,33). The number of anilines is 1. The minimum atomic E-state index is -4.43. The van der Waals surface area contributed by atoms with Crippen molar-refractivity contribution in [1.29, 1.82) is 0 Å². The van der Waals surface area contributed by atoms with Crippen LogP contribution in [-0.2, 0) is 11.0 Å². The second kappa shape index (κ2) is 10.2. The summed E-state index contributed by atoms with van der Waals surface area (Å²) in [6, 6.07) is 11.8. The number of piperazine rings is 1. The number of rotatable bonds is 5. The molecule has 2 amide bonds. The molecule has 2 aliphatic rings. The van der Waals surface area contributed by atoms with Crippen molar-refractivity contribution in [3.8, 4) is 0 Å². The number of nitrogens with one attached hydrogen (secondary N) is 1. The first kappa shape index (κ1) is 24.3. The summed E-state index contributed by atoms with van der Waals surface area (Å²) in [5.41, 5.74) is 1.37. The van der Waals surface area contributed by atoms with Crippen molar-refractivity contribution in [2.75, 3.05) is 31.5 Å². The number of alkyl halides is 3. The highest BCUT2D eigenvalue weighted by atomic mass is 19.4. The second-order valence-electron chi connectivity index (χ2n) is 9.25. The smallest absolute Gasteiger partial charge is 0.336 e. The van der Waals surface area contributed by atoms with Crippen LogP contribution >= 0.6 is 0 Å². The second-order valence-corrected chi connectivity index (χ2v) is 9.25. The normalized spacial score (nSPS) is 18.6. The Labute approximate surface area is 197 Å². The fourth-order valence-corrected chi connectivity index (χ4v) is 4.99. The number of carbonyl (C=O) groups excluding carboxylic acids is 2. The maximum absolute atomic E-state index is 13.3. The van der Waals surface area contributed by atoms with Crippen molar-refractivity contribution in [3.63, 3.8) is 0 Å². The number of hydrogen-bond donors (Lipinski definition) is 1. The predicted molar refractivity (Wildman–Crippen MR) is 124 cm³/mol. The molecule has 1 aliphatic carbocycles. The average Bonchev–Trinajstić information content (AvgIpc) is 3.34. The van der Waals surface area contributed by atoms with Gasteiger partial charge in [0.25, 0.3) is 5.91 Å². The summed E-state index contributed by atoms with van der Waals surface area (Å²) in [4.78, 5) is 30.0. The first-order valence-corrected chi connectivity index (χ1v) is 11.8. The van der Waals surface area contributed by atoms with Crippen molar-refractivity contribution in [2.24, 2.45) is 5.92 Å². The van der Waals surface area contributed by atoms with E-state index >= 15 is 0 Å². The molecule has 2 aromatic rings. The van der Waals surface area contributed by atoms with Crippen LogP contribution in [0.2, 0.25) is 0 Å². The monoisotopic (exact) mass is 473 g/mol. The fraction of sp³-hybridized carbons (Fsp3) is 0.462. The van der Waals surface area contributed by atoms with Gasteiger partial charge in [-0.05, 0) is 62.1 Å². The summed E-state index contributed by atoms with van der Waals surface area (Å²) in [5, 5.41) is 3.07. The molecule has 0 aromatic heterocycles. The Morgan fingerprint density at radius 3 is 2.06 bits per heavy atom. The third-order valence-corrected chi connectivity index (χ3v) is 6.89. The first-order valence-electron chi connectivity index (χ1n) is 11.8. The van der Waals surface area contributed by atoms with Gasteiger partial charge in [0.15, 0.2) is 0 Å². The lowest BCUT2D eigenvalue weighted by Crippen LogP contribution is -2.56. The summed E-state index contributed by atoms with van der Waals surface area (Å²) in [6.07, 6.45) is -0.175. The summed E-state index contributed by atoms with van der Waals surface area (Å²) >= 11 is 0. The van der Waals surface area contributed by atoms with Crippen molar-refractivity contribution < 1.29 is 22.8 Å². The molecule has 1 atom stereocenters. The highest BCUT2D eigenvalue weighted by molar-refractivity contribution is 5.95. The van der Waals surface area contributed by atoms with Crippen molar-refractivity contribution in [3.05, 3.63) is 65.2 Å². The van der Waals surface area contributed by atoms with E-state index in [1.165, 1.54) is 12.1 Å². The van der Waals surface area contributed by atoms with E-state index < -0.39 is 11.7 Å². The Bertz CT molecular complexity index is 991. The van der Waals surface area contributed by atoms with Gasteiger partial charge in [-0.15, -0.1) is 0 Å². The molecule has 1 aliphatic heterocycles. The van der Waals surface area contributed by atoms with Crippen LogP contribution in [0.5, 0.6) is 0 Å². The molecule has 0 radical (unpaired) electrons. The fourth-order valence-electron chi connectivity index (χ4n) is 4.99. The molecular formula is C26H30F3N3O2. The summed E-state index contributed by atoms with van der Waals surface area (Å²) in [6.45, 7) is 3.96. The lowest BCUT2D eigenvalue weighted by Gasteiger charge is -2.40. The van der Waals surface area contributed by atoms with Gasteiger partial charge in [0.05, 0.1) is 11.6 Å². The Kier molecular flexibility index (Phi) is 7.26. The molecule has 2 fully saturated rings. The van der Waals surface area contributed by atoms with Gasteiger partial charge in [-0.2, -0.15) is 13.2 Å². The van der Waals surface area contributed by atoms with Crippen LogP contribution in [0.25, 0.3) is 0 Å². The zero-order chi connectivity index (χ0) is 24.3. The van der Waals surface area contributed by atoms with E-state index in [1.807, 2.05) is 31.2 Å². The van der Waals surface area contributed by atoms with Gasteiger partial charge >= 0.3 is 6.18 Å². The maximum atomic E-state index is 13.3. The predicted octanol–water partition coefficient (Wildman–Crippen LogP) is 4.97. The van der Waals surface area contributed by atoms with Gasteiger partial charge in [-0.1, -0.05) is 30.5 Å². The van der Waals surface area contributed by atoms with E-state index in [1.54, 1.807) is 4.90 Å². The van der Waals surface area contributed by atoms with Crippen LogP contribution in [0.4, 0.5) is 18.9 Å². The molecule has 182 valence electrons. The molecule has 8 heteroatoms. The van der Waals surface area contributed by atoms with E-state index in [4.69, 9.17) is 0 Å². The van der Waals surface area contributed by atoms with Crippen molar-refractivity contribution in [1.82, 2.24) is 9.80 Å². The summed E-state index contributed by atoms with van der Waals surface area (Å²) < 4.78 is 38.4. The molecule has 1 saturated heterocycles. The van der Waals surface area contributed by atoms with Gasteiger partial charge in [-0.3, -0.25) is 14.5 Å². The summed E-state index contributed by atoms with van der Waals surface area (Å²) in [7, 11) is 0. The average molecular weight is 474 g/mol. The topological polar surface area (TPSA) is 52.7 Å². The van der Waals surface area contributed by atoms with Gasteiger partial charge in [0.1, 0.15) is 0 Å². The largest absolute Gasteiger partial charge is 0.416 e. The Hall–Kier alpha value is -2.87. The van der Waals surface area contributed by atoms with E-state index in [0.29, 0.717) is 26.2 Å². The first-order chi connectivity index (χ1) is 16.2.